The van der Waals surface area contributed by atoms with Gasteiger partial charge in [0.1, 0.15) is 0 Å². The van der Waals surface area contributed by atoms with Gasteiger partial charge in [0.2, 0.25) is 5.91 Å². The van der Waals surface area contributed by atoms with E-state index < -0.39 is 0 Å². The summed E-state index contributed by atoms with van der Waals surface area (Å²) in [6.07, 6.45) is 8.68. The Morgan fingerprint density at radius 2 is 1.59 bits per heavy atom. The largest absolute Gasteiger partial charge is 0.317 e. The molecule has 1 saturated heterocycles. The summed E-state index contributed by atoms with van der Waals surface area (Å²) in [5.41, 5.74) is 3.50. The average Bonchev–Trinajstić information content (AvgIpc) is 2.83. The van der Waals surface area contributed by atoms with E-state index in [-0.39, 0.29) is 11.9 Å². The Labute approximate surface area is 192 Å². The van der Waals surface area contributed by atoms with Gasteiger partial charge in [-0.2, -0.15) is 0 Å². The van der Waals surface area contributed by atoms with Crippen molar-refractivity contribution >= 4 is 22.4 Å². The van der Waals surface area contributed by atoms with Crippen molar-refractivity contribution in [1.82, 2.24) is 5.32 Å². The van der Waals surface area contributed by atoms with Crippen molar-refractivity contribution in [2.75, 3.05) is 18.0 Å². The number of aryl methyl sites for hydroxylation is 1. The zero-order valence-corrected chi connectivity index (χ0v) is 19.4. The second-order valence-electron chi connectivity index (χ2n) is 9.08. The minimum absolute atomic E-state index is 0.197. The number of amides is 1. The van der Waals surface area contributed by atoms with Crippen molar-refractivity contribution in [3.05, 3.63) is 77.9 Å². The van der Waals surface area contributed by atoms with Gasteiger partial charge in [-0.3, -0.25) is 4.79 Å². The number of hydrogen-bond acceptors (Lipinski definition) is 2. The van der Waals surface area contributed by atoms with Gasteiger partial charge >= 0.3 is 0 Å². The predicted octanol–water partition coefficient (Wildman–Crippen LogP) is 6.29. The average molecular weight is 429 g/mol. The van der Waals surface area contributed by atoms with Crippen LogP contribution in [0.2, 0.25) is 0 Å². The van der Waals surface area contributed by atoms with Crippen LogP contribution in [0.3, 0.4) is 0 Å². The lowest BCUT2D eigenvalue weighted by Gasteiger charge is -2.35. The molecule has 3 aromatic carbocycles. The molecule has 0 unspecified atom stereocenters. The van der Waals surface area contributed by atoms with Gasteiger partial charge in [0.15, 0.2) is 0 Å². The van der Waals surface area contributed by atoms with E-state index in [4.69, 9.17) is 0 Å². The molecule has 1 fully saturated rings. The van der Waals surface area contributed by atoms with Crippen molar-refractivity contribution < 1.29 is 4.79 Å². The van der Waals surface area contributed by atoms with Crippen LogP contribution in [0.5, 0.6) is 0 Å². The Kier molecular flexibility index (Phi) is 7.95. The fourth-order valence-electron chi connectivity index (χ4n) is 4.81. The number of fused-ring (bicyclic) bond motifs is 1. The van der Waals surface area contributed by atoms with Crippen molar-refractivity contribution in [2.45, 2.75) is 64.3 Å². The van der Waals surface area contributed by atoms with Crippen LogP contribution in [0.15, 0.2) is 66.7 Å². The third-order valence-corrected chi connectivity index (χ3v) is 6.65. The number of anilines is 1. The number of carbonyl (C=O) groups is 1. The first-order valence-corrected chi connectivity index (χ1v) is 12.3. The number of unbranched alkanes of at least 4 members (excludes halogenated alkanes) is 3. The van der Waals surface area contributed by atoms with E-state index in [2.05, 4.69) is 83.9 Å². The van der Waals surface area contributed by atoms with Crippen molar-refractivity contribution in [2.24, 2.45) is 0 Å². The first-order valence-electron chi connectivity index (χ1n) is 12.3. The van der Waals surface area contributed by atoms with Crippen molar-refractivity contribution in [3.63, 3.8) is 0 Å². The highest BCUT2D eigenvalue weighted by atomic mass is 16.2. The molecule has 168 valence electrons. The monoisotopic (exact) mass is 428 g/mol. The summed E-state index contributed by atoms with van der Waals surface area (Å²) >= 11 is 0. The fraction of sp³-hybridized carbons (Fsp3) is 0.414. The molecule has 1 aliphatic rings. The summed E-state index contributed by atoms with van der Waals surface area (Å²) in [7, 11) is 0. The minimum atomic E-state index is 0.197. The molecule has 1 amide bonds. The fourth-order valence-corrected chi connectivity index (χ4v) is 4.81. The summed E-state index contributed by atoms with van der Waals surface area (Å²) in [5, 5.41) is 5.84. The Morgan fingerprint density at radius 1 is 0.875 bits per heavy atom. The van der Waals surface area contributed by atoms with E-state index >= 15 is 0 Å². The summed E-state index contributed by atoms with van der Waals surface area (Å²) in [4.78, 5) is 15.7. The molecule has 1 heterocycles. The summed E-state index contributed by atoms with van der Waals surface area (Å²) < 4.78 is 0. The molecular formula is C29H36N2O. The molecule has 0 spiro atoms. The number of carbonyl (C=O) groups excluding carboxylic acids is 1. The molecule has 3 nitrogen and oxygen atoms in total. The molecule has 1 aliphatic heterocycles. The molecule has 4 rings (SSSR count). The van der Waals surface area contributed by atoms with Crippen LogP contribution in [0.25, 0.3) is 10.8 Å². The lowest BCUT2D eigenvalue weighted by atomic mass is 10.00. The number of benzene rings is 3. The molecule has 0 aromatic heterocycles. The third kappa shape index (κ3) is 5.77. The van der Waals surface area contributed by atoms with Crippen LogP contribution >= 0.6 is 0 Å². The molecule has 0 aliphatic carbocycles. The van der Waals surface area contributed by atoms with Crippen LogP contribution in [-0.2, 0) is 17.6 Å². The van der Waals surface area contributed by atoms with Gasteiger partial charge in [-0.1, -0.05) is 80.8 Å². The van der Waals surface area contributed by atoms with Gasteiger partial charge in [0, 0.05) is 11.7 Å². The molecule has 0 bridgehead atoms. The normalized spacial score (nSPS) is 14.5. The lowest BCUT2D eigenvalue weighted by molar-refractivity contribution is -0.118. The molecule has 0 radical (unpaired) electrons. The molecule has 32 heavy (non-hydrogen) atoms. The second kappa shape index (κ2) is 11.3. The highest BCUT2D eigenvalue weighted by molar-refractivity contribution is 5.96. The number of hydrogen-bond donors (Lipinski definition) is 1. The van der Waals surface area contributed by atoms with Gasteiger partial charge in [0.25, 0.3) is 0 Å². The Bertz CT molecular complexity index is 1010. The van der Waals surface area contributed by atoms with Gasteiger partial charge in [-0.15, -0.1) is 0 Å². The van der Waals surface area contributed by atoms with Gasteiger partial charge in [-0.25, -0.2) is 0 Å². The molecule has 0 saturated carbocycles. The predicted molar refractivity (Wildman–Crippen MR) is 135 cm³/mol. The summed E-state index contributed by atoms with van der Waals surface area (Å²) in [6.45, 7) is 4.19. The first-order chi connectivity index (χ1) is 15.7. The number of nitrogens with zero attached hydrogens (tertiary/aromatic N) is 1. The lowest BCUT2D eigenvalue weighted by Crippen LogP contribution is -2.47. The molecule has 3 aromatic rings. The zero-order valence-electron chi connectivity index (χ0n) is 19.4. The van der Waals surface area contributed by atoms with Crippen LogP contribution in [-0.4, -0.2) is 25.0 Å². The molecule has 1 N–H and O–H groups in total. The van der Waals surface area contributed by atoms with E-state index in [0.717, 1.165) is 43.6 Å². The van der Waals surface area contributed by atoms with Gasteiger partial charge in [-0.05, 0) is 72.8 Å². The number of nitrogens with one attached hydrogen (secondary N) is 1. The highest BCUT2D eigenvalue weighted by Gasteiger charge is 2.26. The van der Waals surface area contributed by atoms with Crippen LogP contribution in [0.1, 0.15) is 56.6 Å². The first kappa shape index (κ1) is 22.5. The number of piperidine rings is 1. The maximum atomic E-state index is 13.6. The van der Waals surface area contributed by atoms with E-state index in [1.165, 1.54) is 42.0 Å². The van der Waals surface area contributed by atoms with Crippen LogP contribution in [0, 0.1) is 0 Å². The quantitative estimate of drug-likeness (QED) is 0.406. The van der Waals surface area contributed by atoms with Crippen molar-refractivity contribution in [3.8, 4) is 0 Å². The third-order valence-electron chi connectivity index (χ3n) is 6.65. The highest BCUT2D eigenvalue weighted by Crippen LogP contribution is 2.25. The Balaban J connectivity index is 1.51. The van der Waals surface area contributed by atoms with Crippen LogP contribution in [0.4, 0.5) is 5.69 Å². The molecule has 0 atom stereocenters. The molecule has 3 heteroatoms. The van der Waals surface area contributed by atoms with Gasteiger partial charge in [0.05, 0.1) is 6.42 Å². The minimum Gasteiger partial charge on any atom is -0.317 e. The van der Waals surface area contributed by atoms with Crippen LogP contribution < -0.4 is 10.2 Å². The standard InChI is InChI=1S/C29H36N2O/c1-2-3-4-5-8-23-12-15-27(16-13-23)31(28-17-19-30-20-18-28)29(32)22-24-11-14-25-9-6-7-10-26(25)21-24/h6-7,9-16,21,28,30H,2-5,8,17-20,22H2,1H3. The van der Waals surface area contributed by atoms with E-state index in [1.54, 1.807) is 0 Å². The maximum Gasteiger partial charge on any atom is 0.231 e. The summed E-state index contributed by atoms with van der Waals surface area (Å²) in [5.74, 6) is 0.197. The van der Waals surface area contributed by atoms with E-state index in [9.17, 15) is 4.79 Å². The van der Waals surface area contributed by atoms with Crippen molar-refractivity contribution in [1.29, 1.82) is 0 Å². The summed E-state index contributed by atoms with van der Waals surface area (Å²) in [6, 6.07) is 23.8. The Hall–Kier alpha value is -2.65. The SMILES string of the molecule is CCCCCCc1ccc(N(C(=O)Cc2ccc3ccccc3c2)C2CCNCC2)cc1. The smallest absolute Gasteiger partial charge is 0.231 e. The second-order valence-corrected chi connectivity index (χ2v) is 9.08. The topological polar surface area (TPSA) is 32.3 Å². The number of rotatable bonds is 9. The van der Waals surface area contributed by atoms with Gasteiger partial charge < -0.3 is 10.2 Å². The Morgan fingerprint density at radius 3 is 2.34 bits per heavy atom. The van der Waals surface area contributed by atoms with E-state index in [0.29, 0.717) is 6.42 Å². The molecular weight excluding hydrogens is 392 g/mol. The zero-order chi connectivity index (χ0) is 22.2. The van der Waals surface area contributed by atoms with E-state index in [1.807, 2.05) is 0 Å². The maximum absolute atomic E-state index is 13.6.